The van der Waals surface area contributed by atoms with Gasteiger partial charge in [0.1, 0.15) is 0 Å². The quantitative estimate of drug-likeness (QED) is 0.201. The first-order valence-corrected chi connectivity index (χ1v) is 32.6. The van der Waals surface area contributed by atoms with E-state index < -0.39 is 0 Å². The van der Waals surface area contributed by atoms with Gasteiger partial charge in [0.25, 0.3) is 0 Å². The van der Waals surface area contributed by atoms with E-state index in [1.54, 1.807) is 0 Å². The van der Waals surface area contributed by atoms with Gasteiger partial charge in [-0.2, -0.15) is 0 Å². The Morgan fingerprint density at radius 1 is 0.250 bits per heavy atom. The van der Waals surface area contributed by atoms with Crippen LogP contribution in [-0.4, -0.2) is 273 Å². The van der Waals surface area contributed by atoms with Gasteiger partial charge in [-0.25, -0.2) is 0 Å². The summed E-state index contributed by atoms with van der Waals surface area (Å²) in [5, 5.41) is 0. The van der Waals surface area contributed by atoms with Crippen LogP contribution in [0.4, 0.5) is 0 Å². The molecule has 0 amide bonds. The van der Waals surface area contributed by atoms with E-state index in [2.05, 4.69) is 273 Å². The molecule has 20 heteroatoms. The maximum absolute atomic E-state index is 2.71. The van der Waals surface area contributed by atoms with Crippen molar-refractivity contribution in [2.24, 2.45) is 0 Å². The van der Waals surface area contributed by atoms with Crippen molar-refractivity contribution in [2.45, 2.75) is 83.1 Å². The Bertz CT molecular complexity index is 445. The summed E-state index contributed by atoms with van der Waals surface area (Å²) in [5.41, 5.74) is 0. The van der Waals surface area contributed by atoms with Crippen LogP contribution < -0.4 is 0 Å². The van der Waals surface area contributed by atoms with Crippen LogP contribution in [0.25, 0.3) is 0 Å². The average molecular weight is 2250 g/mol. The summed E-state index contributed by atoms with van der Waals surface area (Å²) in [6.07, 6.45) is 17.0. The van der Waals surface area contributed by atoms with E-state index in [-0.39, 0.29) is 84.3 Å². The van der Waals surface area contributed by atoms with Crippen LogP contribution in [0.2, 0.25) is 0 Å². The zero-order valence-corrected chi connectivity index (χ0v) is 63.7. The van der Waals surface area contributed by atoms with Gasteiger partial charge < -0.3 is 0 Å². The van der Waals surface area contributed by atoms with Gasteiger partial charge in [0.15, 0.2) is 0 Å². The Kier molecular flexibility index (Phi) is 157. The van der Waals surface area contributed by atoms with Gasteiger partial charge in [-0.1, -0.05) is 83.1 Å². The fourth-order valence-electron chi connectivity index (χ4n) is 2.68. The molecule has 0 aromatic rings. The number of hydrogen-bond acceptors (Lipinski definition) is 0. The predicted molar refractivity (Wildman–Crippen MR) is 243 cm³/mol. The van der Waals surface area contributed by atoms with Crippen molar-refractivity contribution in [2.75, 3.05) is 73.9 Å². The molecule has 0 unspecified atom stereocenters. The van der Waals surface area contributed by atoms with Crippen molar-refractivity contribution in [3.05, 3.63) is 0 Å². The summed E-state index contributed by atoms with van der Waals surface area (Å²) < 4.78 is 4.17. The second kappa shape index (κ2) is 84.6. The number of rotatable bonds is 12. The Hall–Kier alpha value is 10.2. The van der Waals surface area contributed by atoms with Gasteiger partial charge in [0.2, 0.25) is 0 Å². The Balaban J connectivity index is -0.0000000309. The molecule has 0 spiro atoms. The molecule has 0 nitrogen and oxygen atoms in total. The van der Waals surface area contributed by atoms with Crippen molar-refractivity contribution in [3.63, 3.8) is 0 Å². The molecule has 0 saturated carbocycles. The zero-order valence-electron chi connectivity index (χ0n) is 30.4. The first-order valence-electron chi connectivity index (χ1n) is 14.7. The molecule has 0 atom stereocenters. The molecule has 0 N–H and O–H groups in total. The van der Waals surface area contributed by atoms with Crippen LogP contribution in [-0.2, 0) is 84.3 Å². The molecule has 0 aliphatic heterocycles. The van der Waals surface area contributed by atoms with Crippen molar-refractivity contribution in [1.82, 2.24) is 0 Å². The molecule has 0 heterocycles. The monoisotopic (exact) mass is 2260 g/mol. The summed E-state index contributed by atoms with van der Waals surface area (Å²) in [6.45, 7) is 27.5. The summed E-state index contributed by atoms with van der Waals surface area (Å²) >= 11 is 32.5. The van der Waals surface area contributed by atoms with Gasteiger partial charge in [-0.15, -0.1) is 31.7 Å². The first-order chi connectivity index (χ1) is 20.3. The van der Waals surface area contributed by atoms with E-state index in [1.807, 2.05) is 0 Å². The average Bonchev–Trinajstić information content (AvgIpc) is 2.93. The first kappa shape index (κ1) is 89.2. The molecule has 0 aromatic carbocycles. The van der Waals surface area contributed by atoms with Crippen LogP contribution >= 0.6 is 31.7 Å². The maximum atomic E-state index is 2.71. The SMILES string of the molecule is CCP(CC)CC.CCP(CC)CC.CCP(CC)CC.CCP(CC)CC.[Pt].[Pt].[Pt].[Pt].[Se]C([Se])=[Se].[Se]C([Se])=[Se].[Se]C([Se])=[Se].[Se]C([Se])=[Se]. The standard InChI is InChI=1S/4C6H15P.4CSe3.4Pt/c4*1-4-7(5-2)6-3;4*2-1(3)4;;;;/h4*4-6H2,1-3H3;;;;;;;;. The van der Waals surface area contributed by atoms with Gasteiger partial charge in [0, 0.05) is 84.3 Å². The molecule has 8 radical (unpaired) electrons. The normalized spacial score (nSPS) is 8.00. The molecule has 0 bridgehead atoms. The van der Waals surface area contributed by atoms with Crippen LogP contribution in [0.15, 0.2) is 0 Å². The Morgan fingerprint density at radius 3 is 0.292 bits per heavy atom. The summed E-state index contributed by atoms with van der Waals surface area (Å²) in [6, 6.07) is 0. The third-order valence-electron chi connectivity index (χ3n) is 5.37. The second-order valence-electron chi connectivity index (χ2n) is 7.48. The zero-order chi connectivity index (χ0) is 37.1. The molecule has 48 heavy (non-hydrogen) atoms. The van der Waals surface area contributed by atoms with E-state index in [4.69, 9.17) is 0 Å². The van der Waals surface area contributed by atoms with Crippen molar-refractivity contribution < 1.29 is 84.3 Å². The molecule has 0 saturated heterocycles. The molecule has 0 aliphatic rings. The van der Waals surface area contributed by atoms with E-state index in [1.165, 1.54) is 73.9 Å². The van der Waals surface area contributed by atoms with Gasteiger partial charge >= 0.3 is 199 Å². The summed E-state index contributed by atoms with van der Waals surface area (Å²) in [5.74, 6) is 0. The molecule has 0 rings (SSSR count). The molecule has 0 fully saturated rings. The fourth-order valence-corrected chi connectivity index (χ4v) is 8.05. The van der Waals surface area contributed by atoms with Crippen LogP contribution in [0, 0.1) is 0 Å². The van der Waals surface area contributed by atoms with Gasteiger partial charge in [-0.3, -0.25) is 0 Å². The van der Waals surface area contributed by atoms with Gasteiger partial charge in [-0.05, 0) is 73.9 Å². The third kappa shape index (κ3) is 146. The predicted octanol–water partition coefficient (Wildman–Crippen LogP) is 4.42. The van der Waals surface area contributed by atoms with E-state index in [0.717, 1.165) is 8.86 Å². The third-order valence-corrected chi connectivity index (χ3v) is 16.1. The summed E-state index contributed by atoms with van der Waals surface area (Å²) in [4.78, 5) is 0. The van der Waals surface area contributed by atoms with Crippen LogP contribution in [0.3, 0.4) is 0 Å². The van der Waals surface area contributed by atoms with Crippen LogP contribution in [0.1, 0.15) is 83.1 Å². The van der Waals surface area contributed by atoms with Crippen LogP contribution in [0.5, 0.6) is 0 Å². The molecular weight excluding hydrogens is 2190 g/mol. The Labute approximate surface area is 463 Å². The Morgan fingerprint density at radius 2 is 0.292 bits per heavy atom. The van der Waals surface area contributed by atoms with Crippen molar-refractivity contribution in [1.29, 1.82) is 0 Å². The molecule has 0 aromatic heterocycles. The number of hydrogen-bond donors (Lipinski definition) is 0. The minimum atomic E-state index is 0. The van der Waals surface area contributed by atoms with E-state index >= 15 is 0 Å². The summed E-state index contributed by atoms with van der Waals surface area (Å²) in [7, 11) is 1.78. The van der Waals surface area contributed by atoms with Crippen molar-refractivity contribution >= 4 is 231 Å². The minimum absolute atomic E-state index is 0. The fraction of sp³-hybridized carbons (Fsp3) is 0.857. The van der Waals surface area contributed by atoms with E-state index in [9.17, 15) is 0 Å². The van der Waals surface area contributed by atoms with E-state index in [0.29, 0.717) is 31.7 Å². The topological polar surface area (TPSA) is 0 Å². The molecule has 0 aliphatic carbocycles. The van der Waals surface area contributed by atoms with Crippen molar-refractivity contribution in [3.8, 4) is 0 Å². The molecular formula is C28H60P4Pt4Se12. The van der Waals surface area contributed by atoms with Gasteiger partial charge in [0.05, 0.1) is 0 Å². The second-order valence-corrected chi connectivity index (χ2v) is 46.4. The molecule has 304 valence electrons.